The van der Waals surface area contributed by atoms with Gasteiger partial charge in [-0.3, -0.25) is 0 Å². The summed E-state index contributed by atoms with van der Waals surface area (Å²) in [6, 6.07) is 14.1. The quantitative estimate of drug-likeness (QED) is 0.400. The summed E-state index contributed by atoms with van der Waals surface area (Å²) in [5.41, 5.74) is -0.401. The molecular weight excluding hydrogens is 345 g/mol. The molecule has 0 saturated heterocycles. The fourth-order valence-electron chi connectivity index (χ4n) is 2.95. The van der Waals surface area contributed by atoms with Gasteiger partial charge in [-0.25, -0.2) is 9.98 Å². The van der Waals surface area contributed by atoms with Crippen molar-refractivity contribution in [2.24, 2.45) is 9.98 Å². The summed E-state index contributed by atoms with van der Waals surface area (Å²) in [4.78, 5) is 8.68. The number of alkyl halides is 3. The first kappa shape index (κ1) is 14.9. The third kappa shape index (κ3) is 2.24. The highest BCUT2D eigenvalue weighted by Crippen LogP contribution is 2.44. The molecule has 2 aliphatic rings. The van der Waals surface area contributed by atoms with E-state index in [1.165, 1.54) is 12.1 Å². The third-order valence-corrected chi connectivity index (χ3v) is 4.12. The number of hydrogen-bond acceptors (Lipinski definition) is 4. The highest BCUT2D eigenvalue weighted by atomic mass is 19.4. The predicted octanol–water partition coefficient (Wildman–Crippen LogP) is 4.82. The second-order valence-electron chi connectivity index (χ2n) is 5.83. The van der Waals surface area contributed by atoms with E-state index in [1.54, 1.807) is 18.2 Å². The van der Waals surface area contributed by atoms with E-state index in [0.29, 0.717) is 28.3 Å². The van der Waals surface area contributed by atoms with E-state index in [4.69, 9.17) is 9.47 Å². The Morgan fingerprint density at radius 1 is 0.692 bits per heavy atom. The lowest BCUT2D eigenvalue weighted by Gasteiger charge is -2.19. The van der Waals surface area contributed by atoms with E-state index in [2.05, 4.69) is 9.98 Å². The summed E-state index contributed by atoms with van der Waals surface area (Å²) in [7, 11) is 0. The van der Waals surface area contributed by atoms with Crippen LogP contribution in [0.2, 0.25) is 0 Å². The molecule has 0 aliphatic carbocycles. The Labute approximate surface area is 144 Å². The molecule has 26 heavy (non-hydrogen) atoms. The van der Waals surface area contributed by atoms with E-state index in [9.17, 15) is 13.2 Å². The molecule has 2 heterocycles. The number of rotatable bonds is 0. The van der Waals surface area contributed by atoms with Gasteiger partial charge in [0.25, 0.3) is 0 Å². The molecule has 4 nitrogen and oxygen atoms in total. The largest absolute Gasteiger partial charge is 0.453 e. The highest BCUT2D eigenvalue weighted by molar-refractivity contribution is 5.63. The molecule has 0 spiro atoms. The number of halogens is 3. The first-order valence-corrected chi connectivity index (χ1v) is 7.75. The summed E-state index contributed by atoms with van der Waals surface area (Å²) >= 11 is 0. The summed E-state index contributed by atoms with van der Waals surface area (Å²) in [5, 5.41) is 0.801. The van der Waals surface area contributed by atoms with Crippen LogP contribution in [0, 0.1) is 0 Å². The average Bonchev–Trinajstić information content (AvgIpc) is 2.61. The van der Waals surface area contributed by atoms with E-state index in [0.717, 1.165) is 6.07 Å². The standard InChI is InChI=1S/C19H9F3N2O2/c20-19(21,22)10-4-3-7-15-18(10)24-13-9-16-12(8-17(13)26-15)23-11-5-1-2-6-14(11)25-16/h1-9H. The lowest BCUT2D eigenvalue weighted by atomic mass is 10.1. The molecule has 0 aromatic heterocycles. The highest BCUT2D eigenvalue weighted by Gasteiger charge is 2.35. The van der Waals surface area contributed by atoms with Crippen molar-refractivity contribution < 1.29 is 22.6 Å². The lowest BCUT2D eigenvalue weighted by molar-refractivity contribution is -0.137. The molecule has 0 atom stereocenters. The summed E-state index contributed by atoms with van der Waals surface area (Å²) in [5.74, 6) is 1.39. The number of fused-ring (bicyclic) bond motifs is 4. The van der Waals surface area contributed by atoms with Crippen LogP contribution in [0.25, 0.3) is 0 Å². The smallest absolute Gasteiger partial charge is 0.418 e. The van der Waals surface area contributed by atoms with Crippen LogP contribution in [0.5, 0.6) is 23.0 Å². The Hall–Kier alpha value is -3.35. The van der Waals surface area contributed by atoms with Crippen LogP contribution in [0.3, 0.4) is 0 Å². The summed E-state index contributed by atoms with van der Waals surface area (Å²) < 4.78 is 51.2. The van der Waals surface area contributed by atoms with Gasteiger partial charge >= 0.3 is 6.18 Å². The monoisotopic (exact) mass is 354 g/mol. The van der Waals surface area contributed by atoms with Crippen LogP contribution in [-0.2, 0) is 6.18 Å². The van der Waals surface area contributed by atoms with Crippen molar-refractivity contribution in [3.63, 3.8) is 0 Å². The van der Waals surface area contributed by atoms with Crippen molar-refractivity contribution in [2.45, 2.75) is 6.18 Å². The summed E-state index contributed by atoms with van der Waals surface area (Å²) in [6.45, 7) is 0. The maximum atomic E-state index is 13.2. The molecular formula is C19H9F3N2O2. The fourth-order valence-corrected chi connectivity index (χ4v) is 2.95. The first-order valence-electron chi connectivity index (χ1n) is 7.75. The van der Waals surface area contributed by atoms with E-state index < -0.39 is 11.7 Å². The molecule has 3 aromatic carbocycles. The molecule has 0 fully saturated rings. The van der Waals surface area contributed by atoms with Gasteiger partial charge in [-0.2, -0.15) is 13.2 Å². The summed E-state index contributed by atoms with van der Waals surface area (Å²) in [6.07, 6.45) is -4.52. The molecule has 5 rings (SSSR count). The number of benzene rings is 3. The average molecular weight is 354 g/mol. The van der Waals surface area contributed by atoms with Gasteiger partial charge in [0.1, 0.15) is 22.1 Å². The van der Waals surface area contributed by atoms with Crippen LogP contribution >= 0.6 is 0 Å². The molecule has 0 saturated carbocycles. The molecule has 0 unspecified atom stereocenters. The van der Waals surface area contributed by atoms with Crippen molar-refractivity contribution in [1.82, 2.24) is 0 Å². The van der Waals surface area contributed by atoms with Crippen molar-refractivity contribution in [3.05, 3.63) is 70.9 Å². The molecule has 7 heteroatoms. The number of ether oxygens (including phenoxy) is 2. The number of nitrogens with zero attached hydrogens (tertiary/aromatic N) is 2. The van der Waals surface area contributed by atoms with E-state index in [-0.39, 0.29) is 16.8 Å². The molecule has 0 amide bonds. The zero-order chi connectivity index (χ0) is 17.9. The van der Waals surface area contributed by atoms with Gasteiger partial charge in [0, 0.05) is 12.1 Å². The van der Waals surface area contributed by atoms with Crippen molar-refractivity contribution >= 4 is 11.4 Å². The zero-order valence-electron chi connectivity index (χ0n) is 13.0. The SMILES string of the molecule is FC(F)(F)c1cccc2c1N=c1cc3c(cc1O2)=Nc1ccccc1O3. The van der Waals surface area contributed by atoms with Gasteiger partial charge in [-0.05, 0) is 24.3 Å². The zero-order valence-corrected chi connectivity index (χ0v) is 13.0. The normalized spacial score (nSPS) is 13.7. The minimum atomic E-state index is -4.52. The lowest BCUT2D eigenvalue weighted by Crippen LogP contribution is -2.19. The maximum absolute atomic E-state index is 13.2. The maximum Gasteiger partial charge on any atom is 0.418 e. The van der Waals surface area contributed by atoms with Gasteiger partial charge in [0.05, 0.1) is 5.56 Å². The molecule has 3 aromatic rings. The van der Waals surface area contributed by atoms with Gasteiger partial charge in [-0.15, -0.1) is 0 Å². The first-order chi connectivity index (χ1) is 12.5. The molecule has 2 aliphatic heterocycles. The van der Waals surface area contributed by atoms with Crippen LogP contribution in [0.15, 0.2) is 64.6 Å². The Balaban J connectivity index is 1.73. The van der Waals surface area contributed by atoms with Gasteiger partial charge in [0.15, 0.2) is 23.0 Å². The van der Waals surface area contributed by atoms with Crippen molar-refractivity contribution in [1.29, 1.82) is 0 Å². The number of hydrogen-bond donors (Lipinski definition) is 0. The second kappa shape index (κ2) is 5.08. The Morgan fingerprint density at radius 2 is 1.35 bits per heavy atom. The minimum Gasteiger partial charge on any atom is -0.453 e. The van der Waals surface area contributed by atoms with Crippen LogP contribution in [-0.4, -0.2) is 0 Å². The van der Waals surface area contributed by atoms with Crippen LogP contribution in [0.4, 0.5) is 24.5 Å². The third-order valence-electron chi connectivity index (χ3n) is 4.12. The van der Waals surface area contributed by atoms with Gasteiger partial charge < -0.3 is 9.47 Å². The Morgan fingerprint density at radius 3 is 2.12 bits per heavy atom. The topological polar surface area (TPSA) is 43.2 Å². The number of para-hydroxylation sites is 3. The second-order valence-corrected chi connectivity index (χ2v) is 5.83. The Kier molecular flexibility index (Phi) is 2.92. The Bertz CT molecular complexity index is 1190. The van der Waals surface area contributed by atoms with Gasteiger partial charge in [-0.1, -0.05) is 18.2 Å². The van der Waals surface area contributed by atoms with E-state index >= 15 is 0 Å². The molecule has 0 N–H and O–H groups in total. The van der Waals surface area contributed by atoms with Crippen LogP contribution < -0.4 is 20.2 Å². The van der Waals surface area contributed by atoms with Crippen LogP contribution in [0.1, 0.15) is 5.56 Å². The van der Waals surface area contributed by atoms with Crippen molar-refractivity contribution in [3.8, 4) is 23.0 Å². The van der Waals surface area contributed by atoms with Crippen molar-refractivity contribution in [2.75, 3.05) is 0 Å². The minimum absolute atomic E-state index is 0.0596. The molecule has 0 radical (unpaired) electrons. The molecule has 128 valence electrons. The molecule has 0 bridgehead atoms. The van der Waals surface area contributed by atoms with Gasteiger partial charge in [0.2, 0.25) is 0 Å². The fraction of sp³-hybridized carbons (Fsp3) is 0.0526. The van der Waals surface area contributed by atoms with E-state index in [1.807, 2.05) is 18.2 Å². The predicted molar refractivity (Wildman–Crippen MR) is 86.1 cm³/mol.